The maximum Gasteiger partial charge on any atom is 0.195 e. The third-order valence-corrected chi connectivity index (χ3v) is 11.3. The Morgan fingerprint density at radius 3 is 2.59 bits per heavy atom. The van der Waals surface area contributed by atoms with E-state index in [9.17, 15) is 10.2 Å². The van der Waals surface area contributed by atoms with E-state index in [-0.39, 0.29) is 40.4 Å². The van der Waals surface area contributed by atoms with E-state index in [1.807, 2.05) is 0 Å². The Kier molecular flexibility index (Phi) is 4.31. The monoisotopic (exact) mass is 426 g/mol. The highest BCUT2D eigenvalue weighted by molar-refractivity contribution is 6.25. The molecule has 2 aliphatic heterocycles. The summed E-state index contributed by atoms with van der Waals surface area (Å²) in [6.45, 7) is 4.32. The van der Waals surface area contributed by atoms with Gasteiger partial charge in [-0.05, 0) is 74.5 Å². The van der Waals surface area contributed by atoms with Crippen molar-refractivity contribution in [3.8, 4) is 0 Å². The van der Waals surface area contributed by atoms with Crippen molar-refractivity contribution in [2.75, 3.05) is 26.4 Å². The highest BCUT2D eigenvalue weighted by Gasteiger charge is 2.73. The van der Waals surface area contributed by atoms with Crippen LogP contribution in [0, 0.1) is 34.5 Å². The molecule has 0 radical (unpaired) electrons. The number of ether oxygens (including phenoxy) is 3. The van der Waals surface area contributed by atoms with E-state index in [2.05, 4.69) is 6.92 Å². The molecule has 0 aromatic carbocycles. The Morgan fingerprint density at radius 1 is 1.03 bits per heavy atom. The van der Waals surface area contributed by atoms with Gasteiger partial charge in [-0.1, -0.05) is 6.92 Å². The highest BCUT2D eigenvalue weighted by atomic mass is 35.5. The van der Waals surface area contributed by atoms with Gasteiger partial charge in [0.25, 0.3) is 0 Å². The van der Waals surface area contributed by atoms with Crippen molar-refractivity contribution in [3.63, 3.8) is 0 Å². The summed E-state index contributed by atoms with van der Waals surface area (Å²) >= 11 is 7.34. The summed E-state index contributed by atoms with van der Waals surface area (Å²) in [5, 5.41) is 20.6. The number of fused-ring (bicyclic) bond motifs is 3. The number of rotatable bonds is 2. The van der Waals surface area contributed by atoms with Crippen LogP contribution in [-0.2, 0) is 14.2 Å². The zero-order valence-electron chi connectivity index (χ0n) is 17.4. The molecule has 4 saturated carbocycles. The van der Waals surface area contributed by atoms with Gasteiger partial charge in [0.2, 0.25) is 0 Å². The van der Waals surface area contributed by atoms with Crippen molar-refractivity contribution in [2.45, 2.75) is 81.2 Å². The molecule has 6 fully saturated rings. The predicted octanol–water partition coefficient (Wildman–Crippen LogP) is 3.09. The molecule has 2 N–H and O–H groups in total. The van der Waals surface area contributed by atoms with E-state index >= 15 is 0 Å². The smallest absolute Gasteiger partial charge is 0.195 e. The number of hydrogen-bond donors (Lipinski definition) is 2. The summed E-state index contributed by atoms with van der Waals surface area (Å²) in [5.74, 6) is 1.25. The molecule has 6 heteroatoms. The summed E-state index contributed by atoms with van der Waals surface area (Å²) < 4.78 is 18.5. The number of aliphatic hydroxyl groups is 2. The largest absolute Gasteiger partial charge is 0.393 e. The number of alkyl halides is 1. The fourth-order valence-corrected chi connectivity index (χ4v) is 9.93. The van der Waals surface area contributed by atoms with Gasteiger partial charge in [0.1, 0.15) is 0 Å². The van der Waals surface area contributed by atoms with E-state index in [0.29, 0.717) is 37.4 Å². The third kappa shape index (κ3) is 2.30. The van der Waals surface area contributed by atoms with Gasteiger partial charge in [-0.25, -0.2) is 0 Å². The maximum absolute atomic E-state index is 10.4. The van der Waals surface area contributed by atoms with Crippen LogP contribution in [0.2, 0.25) is 0 Å². The van der Waals surface area contributed by atoms with Gasteiger partial charge in [0.05, 0.1) is 43.5 Å². The van der Waals surface area contributed by atoms with E-state index in [1.54, 1.807) is 0 Å². The molecule has 2 saturated heterocycles. The second-order valence-electron chi connectivity index (χ2n) is 11.2. The SMILES string of the molecule is C[C@]12CCC3C(C[C@@H]4OC[C@@]35CCC(O)C[C@]45Cl)C1CC[C@@H]2C1(CO)OCCO1. The molecule has 2 bridgehead atoms. The van der Waals surface area contributed by atoms with Crippen molar-refractivity contribution in [1.82, 2.24) is 0 Å². The molecule has 6 aliphatic rings. The van der Waals surface area contributed by atoms with Crippen LogP contribution < -0.4 is 0 Å². The second kappa shape index (κ2) is 6.32. The van der Waals surface area contributed by atoms with E-state index in [4.69, 9.17) is 25.8 Å². The van der Waals surface area contributed by atoms with Crippen molar-refractivity contribution in [1.29, 1.82) is 0 Å². The molecule has 6 rings (SSSR count). The lowest BCUT2D eigenvalue weighted by molar-refractivity contribution is -0.246. The maximum atomic E-state index is 10.4. The van der Waals surface area contributed by atoms with E-state index < -0.39 is 5.79 Å². The zero-order chi connectivity index (χ0) is 20.1. The lowest BCUT2D eigenvalue weighted by Gasteiger charge is -2.62. The van der Waals surface area contributed by atoms with Gasteiger partial charge in [0, 0.05) is 11.3 Å². The first kappa shape index (κ1) is 19.8. The minimum absolute atomic E-state index is 0.0236. The van der Waals surface area contributed by atoms with Gasteiger partial charge >= 0.3 is 0 Å². The second-order valence-corrected chi connectivity index (χ2v) is 11.8. The molecule has 0 amide bonds. The first-order valence-electron chi connectivity index (χ1n) is 11.8. The molecular formula is C23H35ClO5. The van der Waals surface area contributed by atoms with E-state index in [0.717, 1.165) is 45.1 Å². The van der Waals surface area contributed by atoms with Crippen LogP contribution in [0.25, 0.3) is 0 Å². The van der Waals surface area contributed by atoms with Crippen molar-refractivity contribution < 1.29 is 24.4 Å². The first-order chi connectivity index (χ1) is 13.9. The van der Waals surface area contributed by atoms with Crippen molar-refractivity contribution in [3.05, 3.63) is 0 Å². The number of halogens is 1. The molecule has 0 aromatic rings. The molecule has 0 aromatic heterocycles. The van der Waals surface area contributed by atoms with Gasteiger partial charge in [-0.3, -0.25) is 0 Å². The summed E-state index contributed by atoms with van der Waals surface area (Å²) in [5.41, 5.74) is 0.153. The fraction of sp³-hybridized carbons (Fsp3) is 1.00. The minimum Gasteiger partial charge on any atom is -0.393 e. The molecule has 9 atom stereocenters. The first-order valence-corrected chi connectivity index (χ1v) is 12.1. The molecule has 4 unspecified atom stereocenters. The average molecular weight is 427 g/mol. The lowest BCUT2D eigenvalue weighted by atomic mass is 9.44. The third-order valence-electron chi connectivity index (χ3n) is 10.5. The number of aliphatic hydroxyl groups excluding tert-OH is 2. The minimum atomic E-state index is -0.802. The summed E-state index contributed by atoms with van der Waals surface area (Å²) in [7, 11) is 0. The van der Waals surface area contributed by atoms with Gasteiger partial charge in [0.15, 0.2) is 5.79 Å². The molecule has 2 heterocycles. The topological polar surface area (TPSA) is 68.2 Å². The Balaban J connectivity index is 1.34. The van der Waals surface area contributed by atoms with Crippen LogP contribution in [0.15, 0.2) is 0 Å². The Bertz CT molecular complexity index is 682. The van der Waals surface area contributed by atoms with Crippen LogP contribution >= 0.6 is 11.6 Å². The zero-order valence-corrected chi connectivity index (χ0v) is 18.2. The van der Waals surface area contributed by atoms with Gasteiger partial charge < -0.3 is 24.4 Å². The predicted molar refractivity (Wildman–Crippen MR) is 107 cm³/mol. The van der Waals surface area contributed by atoms with Crippen LogP contribution in [0.4, 0.5) is 0 Å². The molecule has 0 spiro atoms. The van der Waals surface area contributed by atoms with Crippen LogP contribution in [-0.4, -0.2) is 59.5 Å². The summed E-state index contributed by atoms with van der Waals surface area (Å²) in [6, 6.07) is 0. The van der Waals surface area contributed by atoms with Crippen LogP contribution in [0.1, 0.15) is 58.3 Å². The summed E-state index contributed by atoms with van der Waals surface area (Å²) in [4.78, 5) is -0.387. The molecular weight excluding hydrogens is 392 g/mol. The quantitative estimate of drug-likeness (QED) is 0.664. The van der Waals surface area contributed by atoms with Crippen LogP contribution in [0.5, 0.6) is 0 Å². The van der Waals surface area contributed by atoms with Gasteiger partial charge in [-0.15, -0.1) is 11.6 Å². The lowest BCUT2D eigenvalue weighted by Crippen LogP contribution is -2.64. The molecule has 4 aliphatic carbocycles. The highest BCUT2D eigenvalue weighted by Crippen LogP contribution is 2.73. The van der Waals surface area contributed by atoms with E-state index in [1.165, 1.54) is 6.42 Å². The summed E-state index contributed by atoms with van der Waals surface area (Å²) in [6.07, 6.45) is 7.87. The molecule has 29 heavy (non-hydrogen) atoms. The van der Waals surface area contributed by atoms with Crippen LogP contribution in [0.3, 0.4) is 0 Å². The number of hydrogen-bond acceptors (Lipinski definition) is 5. The molecule has 5 nitrogen and oxygen atoms in total. The van der Waals surface area contributed by atoms with Gasteiger partial charge in [-0.2, -0.15) is 0 Å². The normalized spacial score (nSPS) is 57.9. The Hall–Kier alpha value is 0.0900. The fourth-order valence-electron chi connectivity index (χ4n) is 9.31. The van der Waals surface area contributed by atoms with Crippen molar-refractivity contribution >= 4 is 11.6 Å². The Morgan fingerprint density at radius 2 is 1.83 bits per heavy atom. The average Bonchev–Trinajstić information content (AvgIpc) is 3.34. The molecule has 164 valence electrons. The standard InChI is InChI=1S/C23H35ClO5/c1-20-6-5-17-15(16(20)2-3-18(20)23(12-25)28-8-9-29-23)10-19-22(24)11-14(26)4-7-21(17,22)13-27-19/h14-19,25-26H,2-13H2,1H3/t14?,15?,16?,17?,18-,19-,20-,21-,22-/m0/s1. The van der Waals surface area contributed by atoms with Crippen molar-refractivity contribution in [2.24, 2.45) is 34.5 Å². The Labute approximate surface area is 178 Å².